The minimum Gasteiger partial charge on any atom is -0.0938 e. The lowest BCUT2D eigenvalue weighted by atomic mass is 10.1. The van der Waals surface area contributed by atoms with Gasteiger partial charge in [0.2, 0.25) is 0 Å². The number of hydrogen-bond donors (Lipinski definition) is 0. The van der Waals surface area contributed by atoms with Gasteiger partial charge in [0.15, 0.2) is 0 Å². The van der Waals surface area contributed by atoms with Crippen molar-refractivity contribution in [2.75, 3.05) is 0 Å². The van der Waals surface area contributed by atoms with Gasteiger partial charge in [-0.25, -0.2) is 0 Å². The second kappa shape index (κ2) is 29.0. The predicted octanol–water partition coefficient (Wildman–Crippen LogP) is 14.2. The first kappa shape index (κ1) is 44.7. The molecular weight excluding hydrogens is 537 g/mol. The molecule has 0 saturated carbocycles. The van der Waals surface area contributed by atoms with Crippen LogP contribution in [0.2, 0.25) is 47.5 Å². The quantitative estimate of drug-likeness (QED) is 0.0703. The molecule has 0 fully saturated rings. The molecule has 0 spiro atoms. The normalized spacial score (nSPS) is 11.9. The Balaban J connectivity index is 0. The molecule has 0 rings (SSSR count). The Bertz CT molecular complexity index is 448. The van der Waals surface area contributed by atoms with E-state index in [2.05, 4.69) is 96.9 Å². The van der Waals surface area contributed by atoms with Crippen molar-refractivity contribution in [3.63, 3.8) is 0 Å². The van der Waals surface area contributed by atoms with E-state index < -0.39 is 42.4 Å². The van der Waals surface area contributed by atoms with Crippen LogP contribution < -0.4 is 0 Å². The van der Waals surface area contributed by atoms with Crippen LogP contribution in [0.15, 0.2) is 0 Å². The summed E-state index contributed by atoms with van der Waals surface area (Å²) >= 11 is -1.31. The van der Waals surface area contributed by atoms with E-state index in [0.29, 0.717) is 0 Å². The average molecular weight is 621 g/mol. The summed E-state index contributed by atoms with van der Waals surface area (Å²) in [5, 5.41) is 14.2. The first-order valence-corrected chi connectivity index (χ1v) is 26.5. The first-order valence-electron chi connectivity index (χ1n) is 19.1. The molecule has 0 aromatic carbocycles. The topological polar surface area (TPSA) is 0 Å². The Morgan fingerprint density at radius 2 is 0.415 bits per heavy atom. The minimum absolute atomic E-state index is 0.407. The fraction of sp³-hybridized carbons (Fsp3) is 1.00. The highest BCUT2D eigenvalue weighted by molar-refractivity contribution is 6.59. The van der Waals surface area contributed by atoms with Gasteiger partial charge in [0.05, 0.1) is 0 Å². The predicted molar refractivity (Wildman–Crippen MR) is 201 cm³/mol. The summed E-state index contributed by atoms with van der Waals surface area (Å²) < 4.78 is 0. The zero-order valence-electron chi connectivity index (χ0n) is 31.8. The van der Waals surface area contributed by atoms with Gasteiger partial charge in [-0.2, -0.15) is 0 Å². The van der Waals surface area contributed by atoms with E-state index in [1.165, 1.54) is 51.4 Å². The summed E-state index contributed by atoms with van der Waals surface area (Å²) in [4.78, 5) is 0. The Morgan fingerprint density at radius 3 is 0.610 bits per heavy atom. The molecule has 0 aromatic heterocycles. The van der Waals surface area contributed by atoms with Crippen molar-refractivity contribution >= 4 is 42.4 Å². The average Bonchev–Trinajstić information content (AvgIpc) is 2.77. The standard InChI is InChI=1S/C10H20.7C4H9.3Al/c1-3-5-7-9-10-8-6-4-2;7*1-4(2)3;;;/h1-10H2;7*4H,1H2,2-3H3;;;. The third kappa shape index (κ3) is 35.9. The van der Waals surface area contributed by atoms with E-state index >= 15 is 0 Å². The van der Waals surface area contributed by atoms with E-state index in [1.807, 2.05) is 0 Å². The molecule has 0 aromatic rings. The van der Waals surface area contributed by atoms with Crippen LogP contribution in [-0.4, -0.2) is 42.4 Å². The van der Waals surface area contributed by atoms with Crippen molar-refractivity contribution < 1.29 is 0 Å². The van der Waals surface area contributed by atoms with Gasteiger partial charge in [-0.1, -0.05) is 237 Å². The highest BCUT2D eigenvalue weighted by atomic mass is 27.2. The molecule has 3 heteroatoms. The Morgan fingerprint density at radius 1 is 0.244 bits per heavy atom. The Kier molecular flexibility index (Phi) is 31.7. The van der Waals surface area contributed by atoms with Gasteiger partial charge >= 0.3 is 0 Å². The second-order valence-electron chi connectivity index (χ2n) is 17.4. The molecule has 0 heterocycles. The molecule has 0 atom stereocenters. The highest BCUT2D eigenvalue weighted by Crippen LogP contribution is 2.23. The third-order valence-electron chi connectivity index (χ3n) is 8.61. The van der Waals surface area contributed by atoms with Gasteiger partial charge in [0, 0.05) is 0 Å². The molecule has 0 N–H and O–H groups in total. The van der Waals surface area contributed by atoms with Gasteiger partial charge in [0.1, 0.15) is 0 Å². The summed E-state index contributed by atoms with van der Waals surface area (Å²) in [5.41, 5.74) is 0. The third-order valence-corrected chi connectivity index (χ3v) is 22.3. The molecule has 0 amide bonds. The van der Waals surface area contributed by atoms with Gasteiger partial charge in [0.25, 0.3) is 42.4 Å². The Hall–Kier alpha value is 1.60. The summed E-state index contributed by atoms with van der Waals surface area (Å²) in [6, 6.07) is 0. The molecule has 0 saturated heterocycles. The molecular formula is C38H83Al3. The fourth-order valence-corrected chi connectivity index (χ4v) is 20.5. The van der Waals surface area contributed by atoms with Crippen molar-refractivity contribution in [3.05, 3.63) is 0 Å². The van der Waals surface area contributed by atoms with Gasteiger partial charge in [-0.05, 0) is 0 Å². The van der Waals surface area contributed by atoms with Gasteiger partial charge in [-0.3, -0.25) is 0 Å². The van der Waals surface area contributed by atoms with Crippen LogP contribution in [0.3, 0.4) is 0 Å². The van der Waals surface area contributed by atoms with Crippen molar-refractivity contribution in [3.8, 4) is 0 Å². The molecule has 0 aliphatic heterocycles. The maximum Gasteiger partial charge on any atom is 0.262 e. The summed E-state index contributed by atoms with van der Waals surface area (Å²) in [6.07, 6.45) is 12.1. The van der Waals surface area contributed by atoms with Crippen LogP contribution in [0.5, 0.6) is 0 Å². The summed E-state index contributed by atoms with van der Waals surface area (Å²) in [5.74, 6) is 6.49. The fourth-order valence-electron chi connectivity index (χ4n) is 7.55. The molecule has 0 aliphatic rings. The largest absolute Gasteiger partial charge is 0.262 e. The van der Waals surface area contributed by atoms with E-state index in [9.17, 15) is 0 Å². The molecule has 0 bridgehead atoms. The van der Waals surface area contributed by atoms with Crippen LogP contribution in [0.25, 0.3) is 0 Å². The van der Waals surface area contributed by atoms with Crippen molar-refractivity contribution in [2.24, 2.45) is 41.4 Å². The first-order chi connectivity index (χ1) is 19.1. The molecule has 0 radical (unpaired) electrons. The smallest absolute Gasteiger partial charge is 0.0938 e. The van der Waals surface area contributed by atoms with Crippen LogP contribution in [-0.2, 0) is 0 Å². The maximum atomic E-state index is 2.43. The van der Waals surface area contributed by atoms with Crippen LogP contribution >= 0.6 is 0 Å². The SMILES string of the molecule is CC(C)[CH2][Al]([CH2]C(C)C)[CH2]C(C)C.CC(C)[CH2][Al]([CH2]CCCCCCCC[CH2][Al]([CH2]C(C)C)[CH2]C(C)C)[CH2]C(C)C. The lowest BCUT2D eigenvalue weighted by Crippen LogP contribution is -2.19. The van der Waals surface area contributed by atoms with Gasteiger partial charge < -0.3 is 0 Å². The number of rotatable bonds is 25. The molecule has 244 valence electrons. The minimum atomic E-state index is -0.451. The van der Waals surface area contributed by atoms with Crippen LogP contribution in [0.1, 0.15) is 148 Å². The van der Waals surface area contributed by atoms with Gasteiger partial charge in [-0.15, -0.1) is 0 Å². The Labute approximate surface area is 277 Å². The molecule has 0 nitrogen and oxygen atoms in total. The maximum absolute atomic E-state index is 2.43. The van der Waals surface area contributed by atoms with Crippen LogP contribution in [0.4, 0.5) is 0 Å². The van der Waals surface area contributed by atoms with E-state index in [-0.39, 0.29) is 0 Å². The van der Waals surface area contributed by atoms with Crippen molar-refractivity contribution in [2.45, 2.75) is 196 Å². The zero-order chi connectivity index (χ0) is 31.8. The second-order valence-corrected chi connectivity index (χ2v) is 27.1. The molecule has 0 aliphatic carbocycles. The monoisotopic (exact) mass is 621 g/mol. The van der Waals surface area contributed by atoms with E-state index in [4.69, 9.17) is 0 Å². The number of hydrogen-bond acceptors (Lipinski definition) is 0. The van der Waals surface area contributed by atoms with Crippen molar-refractivity contribution in [1.29, 1.82) is 0 Å². The van der Waals surface area contributed by atoms with Crippen LogP contribution in [0, 0.1) is 41.4 Å². The van der Waals surface area contributed by atoms with E-state index in [1.54, 1.807) is 47.5 Å². The van der Waals surface area contributed by atoms with E-state index in [0.717, 1.165) is 41.4 Å². The molecule has 0 unspecified atom stereocenters. The highest BCUT2D eigenvalue weighted by Gasteiger charge is 2.21. The van der Waals surface area contributed by atoms with Crippen molar-refractivity contribution in [1.82, 2.24) is 0 Å². The summed E-state index contributed by atoms with van der Waals surface area (Å²) in [7, 11) is 0. The molecule has 41 heavy (non-hydrogen) atoms. The lowest BCUT2D eigenvalue weighted by molar-refractivity contribution is 0.580. The zero-order valence-corrected chi connectivity index (χ0v) is 35.3. The number of unbranched alkanes of at least 4 members (excludes halogenated alkanes) is 7. The summed E-state index contributed by atoms with van der Waals surface area (Å²) in [6.45, 7) is 33.7. The lowest BCUT2D eigenvalue weighted by Gasteiger charge is -2.17.